The van der Waals surface area contributed by atoms with E-state index in [2.05, 4.69) is 44.4 Å². The first-order chi connectivity index (χ1) is 8.54. The van der Waals surface area contributed by atoms with Crippen molar-refractivity contribution < 1.29 is 4.42 Å². The Morgan fingerprint density at radius 1 is 1.11 bits per heavy atom. The minimum Gasteiger partial charge on any atom is -0.467 e. The third-order valence-electron chi connectivity index (χ3n) is 3.07. The lowest BCUT2D eigenvalue weighted by atomic mass is 9.81. The van der Waals surface area contributed by atoms with E-state index in [0.717, 1.165) is 11.3 Å². The lowest BCUT2D eigenvalue weighted by molar-refractivity contribution is 0.446. The molecule has 2 aromatic rings. The lowest BCUT2D eigenvalue weighted by Crippen LogP contribution is -2.30. The molecule has 1 heterocycles. The van der Waals surface area contributed by atoms with Gasteiger partial charge in [0.05, 0.1) is 6.26 Å². The molecule has 3 N–H and O–H groups in total. The van der Waals surface area contributed by atoms with Gasteiger partial charge in [-0.2, -0.15) is 0 Å². The Morgan fingerprint density at radius 2 is 1.83 bits per heavy atom. The van der Waals surface area contributed by atoms with E-state index in [4.69, 9.17) is 10.3 Å². The van der Waals surface area contributed by atoms with Crippen molar-refractivity contribution in [3.63, 3.8) is 0 Å². The van der Waals surface area contributed by atoms with Gasteiger partial charge < -0.3 is 4.42 Å². The van der Waals surface area contributed by atoms with E-state index in [0.29, 0.717) is 0 Å². The molecule has 1 unspecified atom stereocenters. The molecule has 0 aliphatic carbocycles. The molecule has 3 heteroatoms. The van der Waals surface area contributed by atoms with Crippen molar-refractivity contribution in [3.8, 4) is 0 Å². The zero-order valence-electron chi connectivity index (χ0n) is 11.1. The first-order valence-corrected chi connectivity index (χ1v) is 6.13. The van der Waals surface area contributed by atoms with Gasteiger partial charge in [0.15, 0.2) is 0 Å². The Bertz CT molecular complexity index is 497. The second-order valence-corrected chi connectivity index (χ2v) is 5.45. The van der Waals surface area contributed by atoms with Gasteiger partial charge in [0.1, 0.15) is 11.8 Å². The van der Waals surface area contributed by atoms with Crippen LogP contribution in [0.25, 0.3) is 0 Å². The predicted octanol–water partition coefficient (Wildman–Crippen LogP) is 3.13. The number of nitrogens with two attached hydrogens (primary N) is 1. The van der Waals surface area contributed by atoms with Crippen molar-refractivity contribution in [2.75, 3.05) is 0 Å². The summed E-state index contributed by atoms with van der Waals surface area (Å²) in [6, 6.07) is 12.0. The molecule has 3 nitrogen and oxygen atoms in total. The number of furan rings is 1. The largest absolute Gasteiger partial charge is 0.467 e. The predicted molar refractivity (Wildman–Crippen MR) is 73.0 cm³/mol. The van der Waals surface area contributed by atoms with Gasteiger partial charge >= 0.3 is 0 Å². The quantitative estimate of drug-likeness (QED) is 0.644. The number of hydrazine groups is 1. The highest BCUT2D eigenvalue weighted by molar-refractivity contribution is 5.38. The zero-order chi connectivity index (χ0) is 13.2. The average Bonchev–Trinajstić information content (AvgIpc) is 2.83. The Hall–Kier alpha value is -1.58. The number of rotatable bonds is 3. The van der Waals surface area contributed by atoms with Crippen LogP contribution in [0.4, 0.5) is 0 Å². The van der Waals surface area contributed by atoms with Crippen molar-refractivity contribution in [1.29, 1.82) is 0 Å². The third-order valence-corrected chi connectivity index (χ3v) is 3.07. The van der Waals surface area contributed by atoms with Crippen LogP contribution in [-0.2, 0) is 5.41 Å². The normalized spacial score (nSPS) is 13.6. The first kappa shape index (κ1) is 12.9. The molecule has 0 spiro atoms. The second-order valence-electron chi connectivity index (χ2n) is 5.45. The third kappa shape index (κ3) is 2.47. The Labute approximate surface area is 108 Å². The Kier molecular flexibility index (Phi) is 3.55. The maximum Gasteiger partial charge on any atom is 0.126 e. The van der Waals surface area contributed by atoms with Gasteiger partial charge in [0.25, 0.3) is 0 Å². The molecule has 18 heavy (non-hydrogen) atoms. The van der Waals surface area contributed by atoms with Crippen molar-refractivity contribution in [3.05, 3.63) is 59.5 Å². The van der Waals surface area contributed by atoms with Gasteiger partial charge in [0, 0.05) is 0 Å². The second kappa shape index (κ2) is 4.96. The lowest BCUT2D eigenvalue weighted by Gasteiger charge is -2.26. The van der Waals surface area contributed by atoms with E-state index in [1.54, 1.807) is 6.26 Å². The van der Waals surface area contributed by atoms with E-state index >= 15 is 0 Å². The van der Waals surface area contributed by atoms with Crippen LogP contribution >= 0.6 is 0 Å². The minimum absolute atomic E-state index is 0.0677. The van der Waals surface area contributed by atoms with Gasteiger partial charge in [-0.25, -0.2) is 5.43 Å². The van der Waals surface area contributed by atoms with E-state index in [9.17, 15) is 0 Å². The van der Waals surface area contributed by atoms with Crippen LogP contribution < -0.4 is 11.3 Å². The molecular formula is C15H20N2O. The minimum atomic E-state index is -0.115. The molecule has 1 aromatic carbocycles. The molecule has 2 rings (SSSR count). The summed E-state index contributed by atoms with van der Waals surface area (Å²) in [5, 5.41) is 0. The van der Waals surface area contributed by atoms with Gasteiger partial charge in [-0.1, -0.05) is 45.0 Å². The molecule has 1 atom stereocenters. The fourth-order valence-corrected chi connectivity index (χ4v) is 2.21. The van der Waals surface area contributed by atoms with E-state index in [1.807, 2.05) is 18.2 Å². The van der Waals surface area contributed by atoms with Crippen molar-refractivity contribution in [2.24, 2.45) is 5.84 Å². The van der Waals surface area contributed by atoms with Crippen LogP contribution in [0.3, 0.4) is 0 Å². The summed E-state index contributed by atoms with van der Waals surface area (Å²) in [4.78, 5) is 0. The molecule has 0 saturated carbocycles. The maximum atomic E-state index is 5.70. The summed E-state index contributed by atoms with van der Waals surface area (Å²) in [5.74, 6) is 6.53. The van der Waals surface area contributed by atoms with Gasteiger partial charge in [-0.15, -0.1) is 0 Å². The van der Waals surface area contributed by atoms with Crippen molar-refractivity contribution in [2.45, 2.75) is 32.2 Å². The average molecular weight is 244 g/mol. The van der Waals surface area contributed by atoms with E-state index in [-0.39, 0.29) is 11.5 Å². The highest BCUT2D eigenvalue weighted by Crippen LogP contribution is 2.32. The zero-order valence-corrected chi connectivity index (χ0v) is 11.1. The summed E-state index contributed by atoms with van der Waals surface area (Å²) in [6.45, 7) is 6.59. The first-order valence-electron chi connectivity index (χ1n) is 6.13. The monoisotopic (exact) mass is 244 g/mol. The van der Waals surface area contributed by atoms with Gasteiger partial charge in [0.2, 0.25) is 0 Å². The van der Waals surface area contributed by atoms with Crippen molar-refractivity contribution >= 4 is 0 Å². The summed E-state index contributed by atoms with van der Waals surface area (Å²) in [6.07, 6.45) is 1.67. The molecule has 0 bridgehead atoms. The SMILES string of the molecule is CC(C)(C)c1ccccc1C(NN)c1ccco1. The molecule has 0 fully saturated rings. The highest BCUT2D eigenvalue weighted by atomic mass is 16.3. The van der Waals surface area contributed by atoms with Gasteiger partial charge in [-0.3, -0.25) is 5.84 Å². The molecule has 0 saturated heterocycles. The molecular weight excluding hydrogens is 224 g/mol. The topological polar surface area (TPSA) is 51.2 Å². The summed E-state index contributed by atoms with van der Waals surface area (Å²) >= 11 is 0. The fraction of sp³-hybridized carbons (Fsp3) is 0.333. The molecule has 0 aliphatic rings. The standard InChI is InChI=1S/C15H20N2O/c1-15(2,3)12-8-5-4-7-11(12)14(17-16)13-9-6-10-18-13/h4-10,14,17H,16H2,1-3H3. The summed E-state index contributed by atoms with van der Waals surface area (Å²) < 4.78 is 5.47. The smallest absolute Gasteiger partial charge is 0.126 e. The van der Waals surface area contributed by atoms with E-state index < -0.39 is 0 Å². The van der Waals surface area contributed by atoms with Crippen LogP contribution in [0.2, 0.25) is 0 Å². The molecule has 96 valence electrons. The van der Waals surface area contributed by atoms with Crippen LogP contribution in [-0.4, -0.2) is 0 Å². The fourth-order valence-electron chi connectivity index (χ4n) is 2.21. The Morgan fingerprint density at radius 3 is 2.39 bits per heavy atom. The molecule has 0 aliphatic heterocycles. The Balaban J connectivity index is 2.50. The van der Waals surface area contributed by atoms with Gasteiger partial charge in [-0.05, 0) is 28.7 Å². The number of nitrogens with one attached hydrogen (secondary N) is 1. The number of benzene rings is 1. The van der Waals surface area contributed by atoms with Crippen LogP contribution in [0, 0.1) is 0 Å². The molecule has 0 amide bonds. The van der Waals surface area contributed by atoms with Crippen LogP contribution in [0.5, 0.6) is 0 Å². The van der Waals surface area contributed by atoms with Crippen LogP contribution in [0.15, 0.2) is 47.1 Å². The summed E-state index contributed by atoms with van der Waals surface area (Å²) in [7, 11) is 0. The summed E-state index contributed by atoms with van der Waals surface area (Å²) in [5.41, 5.74) is 5.33. The highest BCUT2D eigenvalue weighted by Gasteiger charge is 2.24. The number of hydrogen-bond donors (Lipinski definition) is 2. The van der Waals surface area contributed by atoms with Crippen molar-refractivity contribution in [1.82, 2.24) is 5.43 Å². The van der Waals surface area contributed by atoms with Crippen LogP contribution in [0.1, 0.15) is 43.7 Å². The maximum absolute atomic E-state index is 5.70. The molecule has 0 radical (unpaired) electrons. The molecule has 1 aromatic heterocycles. The van der Waals surface area contributed by atoms with E-state index in [1.165, 1.54) is 5.56 Å². The number of hydrogen-bond acceptors (Lipinski definition) is 3.